The Morgan fingerprint density at radius 1 is 0.771 bits per heavy atom. The summed E-state index contributed by atoms with van der Waals surface area (Å²) >= 11 is 0. The lowest BCUT2D eigenvalue weighted by atomic mass is 9.68. The average Bonchev–Trinajstić information content (AvgIpc) is 3.35. The van der Waals surface area contributed by atoms with E-state index in [4.69, 9.17) is 0 Å². The van der Waals surface area contributed by atoms with Crippen LogP contribution in [0.1, 0.15) is 69.1 Å². The van der Waals surface area contributed by atoms with Gasteiger partial charge in [-0.3, -0.25) is 0 Å². The molecule has 3 unspecified atom stereocenters. The number of fused-ring (bicyclic) bond motifs is 4. The van der Waals surface area contributed by atoms with Gasteiger partial charge in [0.1, 0.15) is 0 Å². The van der Waals surface area contributed by atoms with E-state index in [2.05, 4.69) is 111 Å². The summed E-state index contributed by atoms with van der Waals surface area (Å²) in [5, 5.41) is 0. The predicted octanol–water partition coefficient (Wildman–Crippen LogP) is 9.14. The maximum atomic E-state index is 2.56. The number of rotatable bonds is 4. The number of hydrogen-bond acceptors (Lipinski definition) is 1. The van der Waals surface area contributed by atoms with E-state index < -0.39 is 0 Å². The van der Waals surface area contributed by atoms with Gasteiger partial charge in [0.25, 0.3) is 0 Å². The summed E-state index contributed by atoms with van der Waals surface area (Å²) in [5.74, 6) is 0. The second-order valence-corrected chi connectivity index (χ2v) is 12.1. The van der Waals surface area contributed by atoms with Crippen LogP contribution in [0.2, 0.25) is 0 Å². The largest absolute Gasteiger partial charge is 0.311 e. The number of anilines is 2. The number of allylic oxidation sites excluding steroid dienone is 3. The predicted molar refractivity (Wildman–Crippen MR) is 147 cm³/mol. The normalized spacial score (nSPS) is 29.9. The molecule has 0 aromatic heterocycles. The highest BCUT2D eigenvalue weighted by Crippen LogP contribution is 2.79. The van der Waals surface area contributed by atoms with Crippen molar-refractivity contribution in [1.29, 1.82) is 0 Å². The Bertz CT molecular complexity index is 1400. The molecule has 1 nitrogen and oxygen atoms in total. The smallest absolute Gasteiger partial charge is 0.0467 e. The summed E-state index contributed by atoms with van der Waals surface area (Å²) < 4.78 is 0. The molecular weight excluding hydrogens is 422 g/mol. The first-order valence-electron chi connectivity index (χ1n) is 13.4. The highest BCUT2D eigenvalue weighted by molar-refractivity contribution is 5.78. The molecule has 35 heavy (non-hydrogen) atoms. The summed E-state index contributed by atoms with van der Waals surface area (Å²) in [6, 6.07) is 25.2. The fourth-order valence-electron chi connectivity index (χ4n) is 7.85. The fourth-order valence-corrected chi connectivity index (χ4v) is 7.85. The van der Waals surface area contributed by atoms with E-state index >= 15 is 0 Å². The summed E-state index contributed by atoms with van der Waals surface area (Å²) in [6.45, 7) is 7.33. The molecular formula is C34H35N. The van der Waals surface area contributed by atoms with E-state index in [-0.39, 0.29) is 0 Å². The second kappa shape index (κ2) is 7.23. The SMILES string of the molecule is Cc1ccc(N(C2=CCCC=C2)c2ccccc2)cc1-c1ccc2c(c1)C1(C)CCC3(C1)CC23C. The molecule has 176 valence electrons. The van der Waals surface area contributed by atoms with Crippen LogP contribution in [0.3, 0.4) is 0 Å². The van der Waals surface area contributed by atoms with Gasteiger partial charge in [-0.2, -0.15) is 0 Å². The van der Waals surface area contributed by atoms with Gasteiger partial charge in [0.15, 0.2) is 0 Å². The summed E-state index contributed by atoms with van der Waals surface area (Å²) in [4.78, 5) is 2.41. The molecule has 2 fully saturated rings. The Morgan fingerprint density at radius 3 is 2.43 bits per heavy atom. The third-order valence-corrected chi connectivity index (χ3v) is 9.92. The first kappa shape index (κ1) is 21.2. The van der Waals surface area contributed by atoms with E-state index in [1.54, 1.807) is 11.1 Å². The fraction of sp³-hybridized carbons (Fsp3) is 0.353. The minimum atomic E-state index is 0.348. The van der Waals surface area contributed by atoms with Crippen LogP contribution < -0.4 is 4.90 Å². The Balaban J connectivity index is 1.35. The van der Waals surface area contributed by atoms with Crippen molar-refractivity contribution < 1.29 is 0 Å². The zero-order chi connectivity index (χ0) is 23.8. The van der Waals surface area contributed by atoms with Crippen molar-refractivity contribution in [1.82, 2.24) is 0 Å². The molecule has 3 atom stereocenters. The van der Waals surface area contributed by atoms with Crippen molar-refractivity contribution in [2.24, 2.45) is 5.41 Å². The number of aryl methyl sites for hydroxylation is 1. The van der Waals surface area contributed by atoms with Crippen LogP contribution in [0.5, 0.6) is 0 Å². The molecule has 3 aromatic carbocycles. The molecule has 0 N–H and O–H groups in total. The molecule has 4 aliphatic carbocycles. The number of hydrogen-bond donors (Lipinski definition) is 0. The number of nitrogens with zero attached hydrogens (tertiary/aromatic N) is 1. The van der Waals surface area contributed by atoms with Gasteiger partial charge >= 0.3 is 0 Å². The highest BCUT2D eigenvalue weighted by atomic mass is 15.1. The Kier molecular flexibility index (Phi) is 4.39. The van der Waals surface area contributed by atoms with Crippen molar-refractivity contribution in [3.63, 3.8) is 0 Å². The maximum Gasteiger partial charge on any atom is 0.0467 e. The number of para-hydroxylation sites is 1. The van der Waals surface area contributed by atoms with E-state index in [0.717, 1.165) is 12.8 Å². The minimum absolute atomic E-state index is 0.348. The Morgan fingerprint density at radius 2 is 1.63 bits per heavy atom. The molecule has 0 saturated heterocycles. The summed E-state index contributed by atoms with van der Waals surface area (Å²) in [6.07, 6.45) is 14.7. The van der Waals surface area contributed by atoms with Crippen molar-refractivity contribution in [3.05, 3.63) is 107 Å². The lowest BCUT2D eigenvalue weighted by Crippen LogP contribution is -2.29. The monoisotopic (exact) mass is 457 g/mol. The maximum absolute atomic E-state index is 2.56. The van der Waals surface area contributed by atoms with Crippen molar-refractivity contribution in [2.75, 3.05) is 4.90 Å². The van der Waals surface area contributed by atoms with Crippen LogP contribution in [0.4, 0.5) is 11.4 Å². The van der Waals surface area contributed by atoms with Crippen LogP contribution in [-0.2, 0) is 10.8 Å². The van der Waals surface area contributed by atoms with E-state index in [9.17, 15) is 0 Å². The second-order valence-electron chi connectivity index (χ2n) is 12.1. The molecule has 2 bridgehead atoms. The van der Waals surface area contributed by atoms with Gasteiger partial charge < -0.3 is 4.90 Å². The highest BCUT2D eigenvalue weighted by Gasteiger charge is 2.72. The first-order valence-corrected chi connectivity index (χ1v) is 13.4. The molecule has 0 heterocycles. The molecule has 0 aliphatic heterocycles. The number of benzene rings is 3. The van der Waals surface area contributed by atoms with Crippen molar-refractivity contribution >= 4 is 11.4 Å². The standard InChI is InChI=1S/C34H35N/c1-24-14-16-28(35(26-10-6-4-7-11-26)27-12-8-5-9-13-27)21-29(24)25-15-17-30-31(20-25)32(2)18-19-34(22-32)23-33(30,34)3/h4,6-8,10-17,20-21H,5,9,18-19,22-23H2,1-3H3. The van der Waals surface area contributed by atoms with Gasteiger partial charge in [0.05, 0.1) is 0 Å². The average molecular weight is 458 g/mol. The zero-order valence-corrected chi connectivity index (χ0v) is 21.3. The van der Waals surface area contributed by atoms with Gasteiger partial charge in [-0.05, 0) is 120 Å². The summed E-state index contributed by atoms with van der Waals surface area (Å²) in [5.41, 5.74) is 12.4. The molecule has 7 rings (SSSR count). The van der Waals surface area contributed by atoms with Gasteiger partial charge in [-0.15, -0.1) is 0 Å². The van der Waals surface area contributed by atoms with Gasteiger partial charge in [-0.25, -0.2) is 0 Å². The lowest BCUT2D eigenvalue weighted by Gasteiger charge is -2.36. The third-order valence-electron chi connectivity index (χ3n) is 9.92. The third kappa shape index (κ3) is 3.00. The molecule has 0 radical (unpaired) electrons. The Labute approximate surface area is 210 Å². The van der Waals surface area contributed by atoms with E-state index in [0.29, 0.717) is 16.2 Å². The van der Waals surface area contributed by atoms with E-state index in [1.807, 2.05) is 0 Å². The van der Waals surface area contributed by atoms with Crippen molar-refractivity contribution in [3.8, 4) is 11.1 Å². The van der Waals surface area contributed by atoms with Crippen LogP contribution in [0.25, 0.3) is 11.1 Å². The minimum Gasteiger partial charge on any atom is -0.311 e. The van der Waals surface area contributed by atoms with Gasteiger partial charge in [0, 0.05) is 17.1 Å². The van der Waals surface area contributed by atoms with Crippen LogP contribution in [-0.4, -0.2) is 0 Å². The zero-order valence-electron chi connectivity index (χ0n) is 21.3. The van der Waals surface area contributed by atoms with E-state index in [1.165, 1.54) is 59.4 Å². The molecule has 1 heteroatoms. The van der Waals surface area contributed by atoms with Crippen LogP contribution in [0, 0.1) is 12.3 Å². The first-order chi connectivity index (χ1) is 16.9. The topological polar surface area (TPSA) is 3.24 Å². The van der Waals surface area contributed by atoms with Crippen LogP contribution >= 0.6 is 0 Å². The lowest BCUT2D eigenvalue weighted by molar-refractivity contribution is 0.367. The van der Waals surface area contributed by atoms with Crippen molar-refractivity contribution in [2.45, 2.75) is 70.1 Å². The molecule has 4 aliphatic rings. The Hall–Kier alpha value is -3.06. The summed E-state index contributed by atoms with van der Waals surface area (Å²) in [7, 11) is 0. The molecule has 0 amide bonds. The molecule has 3 aromatic rings. The van der Waals surface area contributed by atoms with Gasteiger partial charge in [-0.1, -0.05) is 68.5 Å². The quantitative estimate of drug-likeness (QED) is 0.377. The van der Waals surface area contributed by atoms with Gasteiger partial charge in [0.2, 0.25) is 0 Å². The molecule has 2 saturated carbocycles. The van der Waals surface area contributed by atoms with Crippen LogP contribution in [0.15, 0.2) is 90.7 Å². The molecule has 1 spiro atoms.